The summed E-state index contributed by atoms with van der Waals surface area (Å²) in [5.41, 5.74) is 0. The number of carbonyl (C=O) groups excluding carboxylic acids is 1. The number of benzene rings is 2. The summed E-state index contributed by atoms with van der Waals surface area (Å²) in [7, 11) is -3.63. The fourth-order valence-corrected chi connectivity index (χ4v) is 5.69. The molecular weight excluding hydrogens is 451 g/mol. The van der Waals surface area contributed by atoms with Crippen LogP contribution >= 0.6 is 35.0 Å². The van der Waals surface area contributed by atoms with Gasteiger partial charge < -0.3 is 5.32 Å². The minimum Gasteiger partial charge on any atom is -0.355 e. The standard InChI is InChI=1S/C20H22Cl2N2O3S2/c21-16-3-7-18(8-4-16)28-13-11-23-20(25)15-2-1-12-24(14-15)29(26,27)19-9-5-17(22)6-10-19/h3-10,15H,1-2,11-14H2,(H,23,25)/t15-/m0/s1. The van der Waals surface area contributed by atoms with Crippen molar-refractivity contribution < 1.29 is 13.2 Å². The number of amides is 1. The van der Waals surface area contributed by atoms with E-state index in [-0.39, 0.29) is 23.3 Å². The van der Waals surface area contributed by atoms with E-state index < -0.39 is 10.0 Å². The van der Waals surface area contributed by atoms with E-state index in [0.29, 0.717) is 36.0 Å². The lowest BCUT2D eigenvalue weighted by atomic mass is 9.99. The van der Waals surface area contributed by atoms with Gasteiger partial charge in [-0.3, -0.25) is 4.79 Å². The molecule has 1 heterocycles. The average Bonchev–Trinajstić information content (AvgIpc) is 2.73. The van der Waals surface area contributed by atoms with Crippen molar-refractivity contribution in [1.82, 2.24) is 9.62 Å². The highest BCUT2D eigenvalue weighted by Crippen LogP contribution is 2.25. The zero-order valence-electron chi connectivity index (χ0n) is 15.7. The predicted molar refractivity (Wildman–Crippen MR) is 118 cm³/mol. The van der Waals surface area contributed by atoms with Crippen LogP contribution in [0.5, 0.6) is 0 Å². The van der Waals surface area contributed by atoms with Gasteiger partial charge in [-0.15, -0.1) is 11.8 Å². The average molecular weight is 473 g/mol. The molecule has 0 aromatic heterocycles. The van der Waals surface area contributed by atoms with E-state index in [9.17, 15) is 13.2 Å². The number of sulfonamides is 1. The van der Waals surface area contributed by atoms with E-state index in [0.717, 1.165) is 10.6 Å². The summed E-state index contributed by atoms with van der Waals surface area (Å²) in [6.45, 7) is 1.13. The summed E-state index contributed by atoms with van der Waals surface area (Å²) < 4.78 is 27.1. The van der Waals surface area contributed by atoms with Crippen molar-refractivity contribution in [3.8, 4) is 0 Å². The summed E-state index contributed by atoms with van der Waals surface area (Å²) in [5.74, 6) is 0.288. The van der Waals surface area contributed by atoms with Crippen LogP contribution < -0.4 is 5.32 Å². The van der Waals surface area contributed by atoms with Gasteiger partial charge in [-0.25, -0.2) is 8.42 Å². The molecule has 1 N–H and O–H groups in total. The van der Waals surface area contributed by atoms with Gasteiger partial charge >= 0.3 is 0 Å². The van der Waals surface area contributed by atoms with Crippen molar-refractivity contribution in [3.05, 3.63) is 58.6 Å². The van der Waals surface area contributed by atoms with Crippen LogP contribution in [0.15, 0.2) is 58.3 Å². The van der Waals surface area contributed by atoms with Crippen LogP contribution in [0, 0.1) is 5.92 Å². The van der Waals surface area contributed by atoms with Crippen LogP contribution in [-0.4, -0.2) is 44.0 Å². The van der Waals surface area contributed by atoms with Gasteiger partial charge in [-0.1, -0.05) is 23.2 Å². The zero-order chi connectivity index (χ0) is 20.9. The highest BCUT2D eigenvalue weighted by molar-refractivity contribution is 7.99. The number of carbonyl (C=O) groups is 1. The first-order valence-electron chi connectivity index (χ1n) is 9.28. The van der Waals surface area contributed by atoms with Gasteiger partial charge in [0.25, 0.3) is 0 Å². The molecule has 0 aliphatic carbocycles. The topological polar surface area (TPSA) is 66.5 Å². The maximum Gasteiger partial charge on any atom is 0.243 e. The third-order valence-electron chi connectivity index (χ3n) is 4.69. The summed E-state index contributed by atoms with van der Waals surface area (Å²) in [6.07, 6.45) is 1.34. The quantitative estimate of drug-likeness (QED) is 0.481. The molecule has 0 bridgehead atoms. The normalized spacial score (nSPS) is 17.8. The maximum atomic E-state index is 12.8. The zero-order valence-corrected chi connectivity index (χ0v) is 18.8. The summed E-state index contributed by atoms with van der Waals surface area (Å²) in [4.78, 5) is 13.8. The molecule has 2 aromatic rings. The predicted octanol–water partition coefficient (Wildman–Crippen LogP) is 4.30. The molecule has 3 rings (SSSR count). The van der Waals surface area contributed by atoms with Gasteiger partial charge in [-0.2, -0.15) is 4.31 Å². The Kier molecular flexibility index (Phi) is 7.87. The van der Waals surface area contributed by atoms with E-state index in [1.807, 2.05) is 24.3 Å². The molecule has 0 unspecified atom stereocenters. The van der Waals surface area contributed by atoms with Crippen molar-refractivity contribution >= 4 is 50.9 Å². The van der Waals surface area contributed by atoms with Crippen LogP contribution in [0.25, 0.3) is 0 Å². The smallest absolute Gasteiger partial charge is 0.243 e. The fourth-order valence-electron chi connectivity index (χ4n) is 3.15. The highest BCUT2D eigenvalue weighted by atomic mass is 35.5. The first kappa shape index (κ1) is 22.4. The summed E-state index contributed by atoms with van der Waals surface area (Å²) in [5, 5.41) is 4.10. The Hall–Kier alpha value is -1.25. The Morgan fingerprint density at radius 2 is 1.69 bits per heavy atom. The van der Waals surface area contributed by atoms with E-state index in [1.165, 1.54) is 16.4 Å². The van der Waals surface area contributed by atoms with Gasteiger partial charge in [-0.05, 0) is 61.4 Å². The van der Waals surface area contributed by atoms with E-state index in [1.54, 1.807) is 23.9 Å². The first-order valence-corrected chi connectivity index (χ1v) is 12.5. The molecule has 1 fully saturated rings. The van der Waals surface area contributed by atoms with E-state index in [2.05, 4.69) is 5.32 Å². The molecular formula is C20H22Cl2N2O3S2. The molecule has 1 amide bonds. The molecule has 156 valence electrons. The van der Waals surface area contributed by atoms with Crippen LogP contribution in [0.4, 0.5) is 0 Å². The number of halogens is 2. The Morgan fingerprint density at radius 3 is 2.34 bits per heavy atom. The molecule has 29 heavy (non-hydrogen) atoms. The maximum absolute atomic E-state index is 12.8. The molecule has 1 aliphatic rings. The lowest BCUT2D eigenvalue weighted by Gasteiger charge is -2.31. The van der Waals surface area contributed by atoms with Crippen molar-refractivity contribution in [2.24, 2.45) is 5.92 Å². The van der Waals surface area contributed by atoms with E-state index >= 15 is 0 Å². The Balaban J connectivity index is 1.51. The fraction of sp³-hybridized carbons (Fsp3) is 0.350. The van der Waals surface area contributed by atoms with Crippen LogP contribution in [-0.2, 0) is 14.8 Å². The molecule has 5 nitrogen and oxygen atoms in total. The van der Waals surface area contributed by atoms with Gasteiger partial charge in [0, 0.05) is 40.3 Å². The SMILES string of the molecule is O=C(NCCSc1ccc(Cl)cc1)[C@H]1CCCN(S(=O)(=O)c2ccc(Cl)cc2)C1. The second-order valence-electron chi connectivity index (χ2n) is 6.75. The number of hydrogen-bond acceptors (Lipinski definition) is 4. The molecule has 0 radical (unpaired) electrons. The Labute approximate surface area is 185 Å². The van der Waals surface area contributed by atoms with Crippen molar-refractivity contribution in [1.29, 1.82) is 0 Å². The van der Waals surface area contributed by atoms with Crippen molar-refractivity contribution in [2.75, 3.05) is 25.4 Å². The molecule has 1 aliphatic heterocycles. The minimum atomic E-state index is -3.63. The summed E-state index contributed by atoms with van der Waals surface area (Å²) in [6, 6.07) is 13.7. The molecule has 0 saturated carbocycles. The first-order chi connectivity index (χ1) is 13.9. The number of thioether (sulfide) groups is 1. The summed E-state index contributed by atoms with van der Waals surface area (Å²) >= 11 is 13.4. The number of nitrogens with one attached hydrogen (secondary N) is 1. The van der Waals surface area contributed by atoms with Gasteiger partial charge in [0.15, 0.2) is 0 Å². The monoisotopic (exact) mass is 472 g/mol. The Morgan fingerprint density at radius 1 is 1.07 bits per heavy atom. The third kappa shape index (κ3) is 6.12. The second kappa shape index (κ2) is 10.2. The number of hydrogen-bond donors (Lipinski definition) is 1. The molecule has 2 aromatic carbocycles. The number of piperidine rings is 1. The molecule has 0 spiro atoms. The molecule has 1 saturated heterocycles. The van der Waals surface area contributed by atoms with Gasteiger partial charge in [0.2, 0.25) is 15.9 Å². The van der Waals surface area contributed by atoms with Crippen LogP contribution in [0.1, 0.15) is 12.8 Å². The van der Waals surface area contributed by atoms with Crippen LogP contribution in [0.2, 0.25) is 10.0 Å². The van der Waals surface area contributed by atoms with Crippen molar-refractivity contribution in [2.45, 2.75) is 22.6 Å². The van der Waals surface area contributed by atoms with Crippen molar-refractivity contribution in [3.63, 3.8) is 0 Å². The van der Waals surface area contributed by atoms with Crippen LogP contribution in [0.3, 0.4) is 0 Å². The third-order valence-corrected chi connectivity index (χ3v) is 8.09. The molecule has 9 heteroatoms. The van der Waals surface area contributed by atoms with Gasteiger partial charge in [0.1, 0.15) is 0 Å². The molecule has 1 atom stereocenters. The van der Waals surface area contributed by atoms with Gasteiger partial charge in [0.05, 0.1) is 10.8 Å². The van der Waals surface area contributed by atoms with E-state index in [4.69, 9.17) is 23.2 Å². The second-order valence-corrected chi connectivity index (χ2v) is 10.7. The Bertz CT molecular complexity index is 935. The largest absolute Gasteiger partial charge is 0.355 e. The number of rotatable bonds is 7. The lowest BCUT2D eigenvalue weighted by molar-refractivity contribution is -0.125. The number of nitrogens with zero attached hydrogens (tertiary/aromatic N) is 1. The highest BCUT2D eigenvalue weighted by Gasteiger charge is 2.33. The minimum absolute atomic E-state index is 0.0993. The lowest BCUT2D eigenvalue weighted by Crippen LogP contribution is -2.45.